The van der Waals surface area contributed by atoms with E-state index >= 15 is 0 Å². The molecule has 162 valence electrons. The minimum atomic E-state index is -1.26. The Morgan fingerprint density at radius 1 is 1.10 bits per heavy atom. The van der Waals surface area contributed by atoms with E-state index in [0.29, 0.717) is 5.82 Å². The summed E-state index contributed by atoms with van der Waals surface area (Å²) in [5, 5.41) is 24.3. The average Bonchev–Trinajstić information content (AvgIpc) is 3.08. The van der Waals surface area contributed by atoms with Crippen molar-refractivity contribution in [1.82, 2.24) is 15.3 Å². The first kappa shape index (κ1) is 22.2. The van der Waals surface area contributed by atoms with E-state index in [-0.39, 0.29) is 25.8 Å². The Bertz CT molecular complexity index is 1100. The molecule has 1 unspecified atom stereocenters. The second-order valence-electron chi connectivity index (χ2n) is 6.87. The van der Waals surface area contributed by atoms with Crippen LogP contribution in [-0.4, -0.2) is 50.6 Å². The number of anilines is 1. The fraction of sp³-hybridized carbons (Fsp3) is 0.286. The van der Waals surface area contributed by atoms with Gasteiger partial charge in [-0.3, -0.25) is 9.59 Å². The van der Waals surface area contributed by atoms with E-state index in [2.05, 4.69) is 20.6 Å². The monoisotopic (exact) mass is 442 g/mol. The van der Waals surface area contributed by atoms with Crippen LogP contribution >= 0.6 is 11.3 Å². The number of hydrogen-bond donors (Lipinski definition) is 4. The Kier molecular flexibility index (Phi) is 7.14. The maximum Gasteiger partial charge on any atom is 0.326 e. The van der Waals surface area contributed by atoms with E-state index in [1.54, 1.807) is 11.3 Å². The molecule has 10 heteroatoms. The van der Waals surface area contributed by atoms with Gasteiger partial charge in [0.2, 0.25) is 5.91 Å². The van der Waals surface area contributed by atoms with Gasteiger partial charge < -0.3 is 20.8 Å². The van der Waals surface area contributed by atoms with Gasteiger partial charge in [-0.2, -0.15) is 0 Å². The minimum Gasteiger partial charge on any atom is -0.481 e. The van der Waals surface area contributed by atoms with Crippen LogP contribution in [-0.2, 0) is 14.4 Å². The van der Waals surface area contributed by atoms with Crippen molar-refractivity contribution in [2.45, 2.75) is 32.2 Å². The van der Waals surface area contributed by atoms with Gasteiger partial charge in [-0.1, -0.05) is 30.3 Å². The fourth-order valence-corrected chi connectivity index (χ4v) is 4.23. The normalized spacial score (nSPS) is 11.8. The van der Waals surface area contributed by atoms with Crippen molar-refractivity contribution >= 4 is 45.2 Å². The summed E-state index contributed by atoms with van der Waals surface area (Å²) < 4.78 is 0. The Labute approximate surface area is 182 Å². The second-order valence-corrected chi connectivity index (χ2v) is 8.07. The molecule has 0 fully saturated rings. The summed E-state index contributed by atoms with van der Waals surface area (Å²) >= 11 is 1.56. The molecule has 0 bridgehead atoms. The summed E-state index contributed by atoms with van der Waals surface area (Å²) in [5.74, 6) is -2.27. The minimum absolute atomic E-state index is 0.00609. The Hall–Kier alpha value is -3.53. The van der Waals surface area contributed by atoms with Gasteiger partial charge in [-0.25, -0.2) is 14.8 Å². The molecular formula is C21H22N4O5S. The molecule has 2 aromatic heterocycles. The van der Waals surface area contributed by atoms with Gasteiger partial charge in [0.05, 0.1) is 5.39 Å². The molecule has 0 saturated heterocycles. The molecule has 2 heterocycles. The zero-order valence-corrected chi connectivity index (χ0v) is 17.6. The van der Waals surface area contributed by atoms with Gasteiger partial charge in [-0.05, 0) is 18.9 Å². The number of hydrogen-bond acceptors (Lipinski definition) is 7. The molecule has 9 nitrogen and oxygen atoms in total. The van der Waals surface area contributed by atoms with Crippen molar-refractivity contribution in [2.24, 2.45) is 0 Å². The van der Waals surface area contributed by atoms with Gasteiger partial charge in [0, 0.05) is 29.8 Å². The number of thiophene rings is 1. The largest absolute Gasteiger partial charge is 0.481 e. The molecule has 0 radical (unpaired) electrons. The second kappa shape index (κ2) is 9.98. The fourth-order valence-electron chi connectivity index (χ4n) is 3.22. The Morgan fingerprint density at radius 2 is 1.84 bits per heavy atom. The van der Waals surface area contributed by atoms with Crippen LogP contribution in [0.2, 0.25) is 0 Å². The molecule has 1 amide bonds. The molecular weight excluding hydrogens is 420 g/mol. The maximum absolute atomic E-state index is 12.2. The van der Waals surface area contributed by atoms with Gasteiger partial charge in [-0.15, -0.1) is 11.3 Å². The third-order valence-electron chi connectivity index (χ3n) is 4.65. The van der Waals surface area contributed by atoms with E-state index < -0.39 is 23.9 Å². The van der Waals surface area contributed by atoms with E-state index in [1.807, 2.05) is 37.3 Å². The number of carbonyl (C=O) groups is 3. The molecule has 4 N–H and O–H groups in total. The Balaban J connectivity index is 1.69. The summed E-state index contributed by atoms with van der Waals surface area (Å²) in [6.07, 6.45) is 0.952. The lowest BCUT2D eigenvalue weighted by molar-refractivity contribution is -0.143. The summed E-state index contributed by atoms with van der Waals surface area (Å²) in [5.41, 5.74) is 2.08. The predicted molar refractivity (Wildman–Crippen MR) is 117 cm³/mol. The van der Waals surface area contributed by atoms with Crippen LogP contribution in [0.3, 0.4) is 0 Å². The van der Waals surface area contributed by atoms with Crippen molar-refractivity contribution in [1.29, 1.82) is 0 Å². The van der Waals surface area contributed by atoms with Gasteiger partial charge >= 0.3 is 11.9 Å². The van der Waals surface area contributed by atoms with Crippen LogP contribution in [0, 0.1) is 6.92 Å². The first-order valence-electron chi connectivity index (χ1n) is 9.64. The van der Waals surface area contributed by atoms with E-state index in [1.165, 1.54) is 6.33 Å². The highest BCUT2D eigenvalue weighted by Crippen LogP contribution is 2.40. The molecule has 0 spiro atoms. The number of carbonyl (C=O) groups excluding carboxylic acids is 1. The summed E-state index contributed by atoms with van der Waals surface area (Å²) in [4.78, 5) is 44.7. The third kappa shape index (κ3) is 5.54. The number of aliphatic carboxylic acids is 2. The first-order valence-corrected chi connectivity index (χ1v) is 10.5. The number of aromatic nitrogens is 2. The number of aryl methyl sites for hydroxylation is 1. The van der Waals surface area contributed by atoms with Crippen LogP contribution in [0.4, 0.5) is 5.82 Å². The first-order chi connectivity index (χ1) is 14.9. The molecule has 0 aliphatic rings. The Morgan fingerprint density at radius 3 is 2.52 bits per heavy atom. The number of carboxylic acid groups (broad SMARTS) is 2. The number of benzene rings is 1. The molecule has 3 aromatic rings. The average molecular weight is 442 g/mol. The van der Waals surface area contributed by atoms with Crippen LogP contribution in [0.25, 0.3) is 21.3 Å². The van der Waals surface area contributed by atoms with Crippen molar-refractivity contribution in [3.63, 3.8) is 0 Å². The van der Waals surface area contributed by atoms with Crippen molar-refractivity contribution in [3.05, 3.63) is 41.5 Å². The van der Waals surface area contributed by atoms with E-state index in [0.717, 1.165) is 26.2 Å². The third-order valence-corrected chi connectivity index (χ3v) is 5.66. The molecule has 31 heavy (non-hydrogen) atoms. The molecule has 1 atom stereocenters. The zero-order chi connectivity index (χ0) is 22.4. The topological polar surface area (TPSA) is 142 Å². The summed E-state index contributed by atoms with van der Waals surface area (Å²) in [6.45, 7) is 2.25. The van der Waals surface area contributed by atoms with Crippen LogP contribution in [0.5, 0.6) is 0 Å². The summed E-state index contributed by atoms with van der Waals surface area (Å²) in [6, 6.07) is 8.66. The van der Waals surface area contributed by atoms with Crippen LogP contribution in [0.15, 0.2) is 36.7 Å². The number of amides is 1. The quantitative estimate of drug-likeness (QED) is 0.375. The van der Waals surface area contributed by atoms with Crippen molar-refractivity contribution in [2.75, 3.05) is 11.9 Å². The van der Waals surface area contributed by atoms with Crippen LogP contribution in [0.1, 0.15) is 24.1 Å². The molecule has 1 aromatic carbocycles. The van der Waals surface area contributed by atoms with Crippen molar-refractivity contribution < 1.29 is 24.6 Å². The molecule has 0 saturated carbocycles. The van der Waals surface area contributed by atoms with Gasteiger partial charge in [0.1, 0.15) is 23.0 Å². The van der Waals surface area contributed by atoms with Crippen molar-refractivity contribution in [3.8, 4) is 11.1 Å². The molecule has 0 aliphatic carbocycles. The lowest BCUT2D eigenvalue weighted by Crippen LogP contribution is -2.41. The molecule has 0 aliphatic heterocycles. The highest BCUT2D eigenvalue weighted by atomic mass is 32.1. The highest BCUT2D eigenvalue weighted by molar-refractivity contribution is 7.19. The lowest BCUT2D eigenvalue weighted by atomic mass is 10.0. The zero-order valence-electron chi connectivity index (χ0n) is 16.8. The van der Waals surface area contributed by atoms with Crippen LogP contribution < -0.4 is 10.6 Å². The number of nitrogens with one attached hydrogen (secondary N) is 2. The van der Waals surface area contributed by atoms with Gasteiger partial charge in [0.15, 0.2) is 0 Å². The number of fused-ring (bicyclic) bond motifs is 1. The van der Waals surface area contributed by atoms with E-state index in [9.17, 15) is 14.4 Å². The SMILES string of the molecule is Cc1sc2ncnc(NCCC(=O)NC(CCC(=O)O)C(=O)O)c2c1-c1ccccc1. The number of carboxylic acids is 2. The number of rotatable bonds is 10. The number of nitrogens with zero attached hydrogens (tertiary/aromatic N) is 2. The highest BCUT2D eigenvalue weighted by Gasteiger charge is 2.21. The standard InChI is InChI=1S/C21H22N4O5S/c1-12-17(13-5-3-2-4-6-13)18-19(23-11-24-20(18)31-12)22-10-9-15(26)25-14(21(29)30)7-8-16(27)28/h2-6,11,14H,7-10H2,1H3,(H,25,26)(H,27,28)(H,29,30)(H,22,23,24). The maximum atomic E-state index is 12.2. The lowest BCUT2D eigenvalue weighted by Gasteiger charge is -2.14. The predicted octanol–water partition coefficient (Wildman–Crippen LogP) is 2.90. The van der Waals surface area contributed by atoms with Gasteiger partial charge in [0.25, 0.3) is 0 Å². The van der Waals surface area contributed by atoms with E-state index in [4.69, 9.17) is 10.2 Å². The summed E-state index contributed by atoms with van der Waals surface area (Å²) in [7, 11) is 0. The molecule has 3 rings (SSSR count). The smallest absolute Gasteiger partial charge is 0.326 e.